The van der Waals surface area contributed by atoms with Crippen molar-refractivity contribution in [2.24, 2.45) is 46.3 Å². The standard InChI is InChI=1S/C37H57NO2/c1-8-38(29-15-10-9-11-16-29)34-24-28-23-30(40-27(5)39)19-21-36(28,6)33-20-22-37(7)31(17-18-32(37)35(33)34)26(4)14-12-13-25(2)3/h9-11,15-16,24-26,30-35H,8,12-14,17-23H2,1-7H3/t26-,30+,31+,32-,33-,34-,35-,36-,37+/m0/s1. The Bertz CT molecular complexity index is 1050. The first-order valence-corrected chi connectivity index (χ1v) is 16.8. The third-order valence-electron chi connectivity index (χ3n) is 12.4. The summed E-state index contributed by atoms with van der Waals surface area (Å²) in [5, 5.41) is 0. The van der Waals surface area contributed by atoms with Gasteiger partial charge >= 0.3 is 5.97 Å². The molecule has 4 aliphatic carbocycles. The molecule has 4 aliphatic rings. The third-order valence-corrected chi connectivity index (χ3v) is 12.4. The highest BCUT2D eigenvalue weighted by atomic mass is 16.5. The molecule has 9 atom stereocenters. The van der Waals surface area contributed by atoms with Crippen LogP contribution >= 0.6 is 0 Å². The van der Waals surface area contributed by atoms with E-state index in [-0.39, 0.29) is 17.5 Å². The lowest BCUT2D eigenvalue weighted by Crippen LogP contribution is -2.59. The number of nitrogens with zero attached hydrogens (tertiary/aromatic N) is 1. The Labute approximate surface area is 245 Å². The van der Waals surface area contributed by atoms with Crippen LogP contribution in [0.15, 0.2) is 42.0 Å². The first-order valence-electron chi connectivity index (χ1n) is 16.8. The predicted octanol–water partition coefficient (Wildman–Crippen LogP) is 9.46. The molecule has 0 aromatic heterocycles. The number of hydrogen-bond acceptors (Lipinski definition) is 3. The molecule has 0 aliphatic heterocycles. The average Bonchev–Trinajstić information content (AvgIpc) is 3.27. The van der Waals surface area contributed by atoms with Gasteiger partial charge in [0, 0.05) is 25.6 Å². The minimum absolute atomic E-state index is 0.0391. The number of hydrogen-bond donors (Lipinski definition) is 0. The van der Waals surface area contributed by atoms with Crippen molar-refractivity contribution in [3.63, 3.8) is 0 Å². The molecule has 0 saturated heterocycles. The first-order chi connectivity index (χ1) is 19.1. The van der Waals surface area contributed by atoms with Crippen molar-refractivity contribution < 1.29 is 9.53 Å². The largest absolute Gasteiger partial charge is 0.462 e. The van der Waals surface area contributed by atoms with Crippen LogP contribution in [0.5, 0.6) is 0 Å². The molecule has 3 fully saturated rings. The quantitative estimate of drug-likeness (QED) is 0.228. The van der Waals surface area contributed by atoms with E-state index in [0.717, 1.165) is 49.5 Å². The lowest BCUT2D eigenvalue weighted by Gasteiger charge is -2.61. The van der Waals surface area contributed by atoms with Gasteiger partial charge in [0.25, 0.3) is 0 Å². The molecule has 3 heteroatoms. The number of carbonyl (C=O) groups is 1. The maximum Gasteiger partial charge on any atom is 0.302 e. The Morgan fingerprint density at radius 3 is 2.42 bits per heavy atom. The fraction of sp³-hybridized carbons (Fsp3) is 0.757. The van der Waals surface area contributed by atoms with Gasteiger partial charge in [-0.25, -0.2) is 0 Å². The van der Waals surface area contributed by atoms with Crippen LogP contribution in [0.1, 0.15) is 113 Å². The SMILES string of the molecule is CCN(c1ccccc1)[C@H]1C=C2C[C@H](OC(C)=O)CC[C@]2(C)[C@H]2CC[C@]3(C)[C@@H]([C@@H](C)CCCC(C)C)CC[C@H]3[C@H]12. The Kier molecular flexibility index (Phi) is 8.80. The van der Waals surface area contributed by atoms with Crippen molar-refractivity contribution in [2.45, 2.75) is 125 Å². The Morgan fingerprint density at radius 2 is 1.75 bits per heavy atom. The van der Waals surface area contributed by atoms with E-state index in [1.54, 1.807) is 12.5 Å². The van der Waals surface area contributed by atoms with Crippen LogP contribution in [0.2, 0.25) is 0 Å². The van der Waals surface area contributed by atoms with Crippen LogP contribution in [0.3, 0.4) is 0 Å². The molecule has 0 heterocycles. The summed E-state index contributed by atoms with van der Waals surface area (Å²) in [6.07, 6.45) is 15.5. The number of carbonyl (C=O) groups excluding carboxylic acids is 1. The molecule has 3 nitrogen and oxygen atoms in total. The van der Waals surface area contributed by atoms with Crippen LogP contribution in [-0.2, 0) is 9.53 Å². The highest BCUT2D eigenvalue weighted by molar-refractivity contribution is 5.66. The molecule has 0 amide bonds. The second kappa shape index (κ2) is 11.8. The number of likely N-dealkylation sites (N-methyl/N-ethyl adjacent to an activating group) is 1. The van der Waals surface area contributed by atoms with Crippen LogP contribution in [0.25, 0.3) is 0 Å². The summed E-state index contributed by atoms with van der Waals surface area (Å²) in [7, 11) is 0. The molecule has 0 spiro atoms. The van der Waals surface area contributed by atoms with Crippen LogP contribution in [-0.4, -0.2) is 24.7 Å². The molecule has 5 rings (SSSR count). The lowest BCUT2D eigenvalue weighted by molar-refractivity contribution is -0.148. The molecule has 0 unspecified atom stereocenters. The second-order valence-corrected chi connectivity index (χ2v) is 15.0. The van der Waals surface area contributed by atoms with E-state index >= 15 is 0 Å². The van der Waals surface area contributed by atoms with E-state index < -0.39 is 0 Å². The van der Waals surface area contributed by atoms with Gasteiger partial charge in [0.05, 0.1) is 6.04 Å². The van der Waals surface area contributed by atoms with Gasteiger partial charge in [0.2, 0.25) is 0 Å². The normalized spacial score (nSPS) is 37.6. The van der Waals surface area contributed by atoms with Crippen LogP contribution < -0.4 is 4.90 Å². The lowest BCUT2D eigenvalue weighted by atomic mass is 9.45. The number of esters is 1. The molecule has 0 bridgehead atoms. The molecular formula is C37H57NO2. The van der Waals surface area contributed by atoms with Gasteiger partial charge in [-0.2, -0.15) is 0 Å². The third kappa shape index (κ3) is 5.40. The summed E-state index contributed by atoms with van der Waals surface area (Å²) in [6.45, 7) is 17.5. The van der Waals surface area contributed by atoms with Gasteiger partial charge in [-0.3, -0.25) is 4.79 Å². The van der Waals surface area contributed by atoms with E-state index in [4.69, 9.17) is 4.74 Å². The molecule has 1 aromatic carbocycles. The van der Waals surface area contributed by atoms with Crippen molar-refractivity contribution in [2.75, 3.05) is 11.4 Å². The highest BCUT2D eigenvalue weighted by Crippen LogP contribution is 2.68. The zero-order valence-electron chi connectivity index (χ0n) is 26.6. The summed E-state index contributed by atoms with van der Waals surface area (Å²) >= 11 is 0. The molecule has 40 heavy (non-hydrogen) atoms. The van der Waals surface area contributed by atoms with E-state index in [0.29, 0.717) is 23.3 Å². The fourth-order valence-corrected chi connectivity index (χ4v) is 10.5. The molecule has 0 N–H and O–H groups in total. The molecule has 3 saturated carbocycles. The maximum absolute atomic E-state index is 11.9. The van der Waals surface area contributed by atoms with Gasteiger partial charge in [-0.05, 0) is 104 Å². The van der Waals surface area contributed by atoms with E-state index in [1.165, 1.54) is 50.6 Å². The summed E-state index contributed by atoms with van der Waals surface area (Å²) in [4.78, 5) is 14.6. The first kappa shape index (κ1) is 29.7. The summed E-state index contributed by atoms with van der Waals surface area (Å²) < 4.78 is 5.81. The van der Waals surface area contributed by atoms with Crippen molar-refractivity contribution in [1.29, 1.82) is 0 Å². The molecule has 0 radical (unpaired) electrons. The van der Waals surface area contributed by atoms with E-state index in [1.807, 2.05) is 0 Å². The Morgan fingerprint density at radius 1 is 1.00 bits per heavy atom. The smallest absolute Gasteiger partial charge is 0.302 e. The van der Waals surface area contributed by atoms with E-state index in [9.17, 15) is 4.79 Å². The number of rotatable bonds is 9. The fourth-order valence-electron chi connectivity index (χ4n) is 10.5. The summed E-state index contributed by atoms with van der Waals surface area (Å²) in [5.41, 5.74) is 3.61. The van der Waals surface area contributed by atoms with Crippen molar-refractivity contribution in [3.8, 4) is 0 Å². The van der Waals surface area contributed by atoms with Gasteiger partial charge < -0.3 is 9.64 Å². The number of benzene rings is 1. The van der Waals surface area contributed by atoms with E-state index in [2.05, 4.69) is 82.9 Å². The number of ether oxygens (including phenoxy) is 1. The van der Waals surface area contributed by atoms with Gasteiger partial charge in [0.15, 0.2) is 0 Å². The van der Waals surface area contributed by atoms with Crippen LogP contribution in [0.4, 0.5) is 5.69 Å². The predicted molar refractivity (Wildman–Crippen MR) is 167 cm³/mol. The van der Waals surface area contributed by atoms with Crippen molar-refractivity contribution >= 4 is 11.7 Å². The number of fused-ring (bicyclic) bond motifs is 5. The van der Waals surface area contributed by atoms with Gasteiger partial charge in [-0.1, -0.05) is 83.7 Å². The zero-order valence-corrected chi connectivity index (χ0v) is 26.6. The minimum atomic E-state index is -0.133. The minimum Gasteiger partial charge on any atom is -0.462 e. The van der Waals surface area contributed by atoms with Gasteiger partial charge in [-0.15, -0.1) is 0 Å². The topological polar surface area (TPSA) is 29.5 Å². The van der Waals surface area contributed by atoms with Crippen LogP contribution in [0, 0.1) is 46.3 Å². The second-order valence-electron chi connectivity index (χ2n) is 15.0. The van der Waals surface area contributed by atoms with Crippen molar-refractivity contribution in [1.82, 2.24) is 0 Å². The Balaban J connectivity index is 1.50. The monoisotopic (exact) mass is 547 g/mol. The number of anilines is 1. The summed E-state index contributed by atoms with van der Waals surface area (Å²) in [5.74, 6) is 4.54. The molecule has 222 valence electrons. The average molecular weight is 548 g/mol. The molecular weight excluding hydrogens is 490 g/mol. The zero-order chi connectivity index (χ0) is 28.7. The number of para-hydroxylation sites is 1. The summed E-state index contributed by atoms with van der Waals surface area (Å²) in [6, 6.07) is 11.6. The highest BCUT2D eigenvalue weighted by Gasteiger charge is 2.62. The van der Waals surface area contributed by atoms with Gasteiger partial charge in [0.1, 0.15) is 6.10 Å². The van der Waals surface area contributed by atoms with Crippen molar-refractivity contribution in [3.05, 3.63) is 42.0 Å². The maximum atomic E-state index is 11.9. The Hall–Kier alpha value is -1.77. The molecule has 1 aromatic rings.